The van der Waals surface area contributed by atoms with Crippen LogP contribution in [0.4, 0.5) is 0 Å². The average molecular weight is 238 g/mol. The lowest BCUT2D eigenvalue weighted by Gasteiger charge is -2.17. The van der Waals surface area contributed by atoms with E-state index in [4.69, 9.17) is 9.47 Å². The molecular formula is C12H18N2O3. The van der Waals surface area contributed by atoms with Crippen molar-refractivity contribution in [2.75, 3.05) is 26.9 Å². The lowest BCUT2D eigenvalue weighted by molar-refractivity contribution is 0.0325. The van der Waals surface area contributed by atoms with Crippen molar-refractivity contribution in [2.24, 2.45) is 0 Å². The second-order valence-electron chi connectivity index (χ2n) is 4.05. The van der Waals surface area contributed by atoms with Gasteiger partial charge in [-0.1, -0.05) is 0 Å². The van der Waals surface area contributed by atoms with E-state index < -0.39 is 0 Å². The van der Waals surface area contributed by atoms with Gasteiger partial charge in [-0.2, -0.15) is 0 Å². The number of aromatic nitrogens is 1. The predicted octanol–water partition coefficient (Wildman–Crippen LogP) is 0.114. The molecule has 0 spiro atoms. The minimum Gasteiger partial charge on any atom is -0.382 e. The Morgan fingerprint density at radius 3 is 3.18 bits per heavy atom. The first kappa shape index (κ1) is 12.3. The van der Waals surface area contributed by atoms with Gasteiger partial charge in [-0.05, 0) is 24.6 Å². The molecule has 1 N–H and O–H groups in total. The molecule has 0 aromatic carbocycles. The normalized spacial score (nSPS) is 14.6. The number of hydrogen-bond donors (Lipinski definition) is 1. The Morgan fingerprint density at radius 2 is 2.35 bits per heavy atom. The molecule has 2 heterocycles. The largest absolute Gasteiger partial charge is 0.382 e. The minimum atomic E-state index is 0.0483. The van der Waals surface area contributed by atoms with Gasteiger partial charge in [-0.25, -0.2) is 0 Å². The van der Waals surface area contributed by atoms with Crippen LogP contribution in [-0.2, 0) is 29.2 Å². The van der Waals surface area contributed by atoms with Crippen molar-refractivity contribution in [3.8, 4) is 0 Å². The highest BCUT2D eigenvalue weighted by molar-refractivity contribution is 5.26. The summed E-state index contributed by atoms with van der Waals surface area (Å²) in [7, 11) is 1.63. The van der Waals surface area contributed by atoms with E-state index in [1.54, 1.807) is 17.9 Å². The Hall–Kier alpha value is -1.17. The van der Waals surface area contributed by atoms with Gasteiger partial charge in [0, 0.05) is 25.4 Å². The zero-order valence-electron chi connectivity index (χ0n) is 10.1. The van der Waals surface area contributed by atoms with Crippen LogP contribution < -0.4 is 10.9 Å². The number of pyridine rings is 1. The molecule has 0 radical (unpaired) electrons. The van der Waals surface area contributed by atoms with Gasteiger partial charge in [0.2, 0.25) is 0 Å². The minimum absolute atomic E-state index is 0.0483. The highest BCUT2D eigenvalue weighted by Crippen LogP contribution is 2.08. The van der Waals surface area contributed by atoms with Gasteiger partial charge in [0.05, 0.1) is 13.2 Å². The van der Waals surface area contributed by atoms with Crippen molar-refractivity contribution in [2.45, 2.75) is 19.7 Å². The van der Waals surface area contributed by atoms with Crippen molar-refractivity contribution < 1.29 is 9.47 Å². The molecule has 0 atom stereocenters. The molecule has 5 heteroatoms. The van der Waals surface area contributed by atoms with Crippen LogP contribution in [0.15, 0.2) is 17.1 Å². The Balaban J connectivity index is 2.05. The molecule has 0 aliphatic carbocycles. The monoisotopic (exact) mass is 238 g/mol. The quantitative estimate of drug-likeness (QED) is 0.740. The summed E-state index contributed by atoms with van der Waals surface area (Å²) in [6.45, 7) is 2.93. The van der Waals surface area contributed by atoms with Gasteiger partial charge in [0.1, 0.15) is 6.73 Å². The average Bonchev–Trinajstić information content (AvgIpc) is 2.37. The van der Waals surface area contributed by atoms with E-state index in [1.165, 1.54) is 0 Å². The van der Waals surface area contributed by atoms with E-state index in [0.717, 1.165) is 24.1 Å². The second kappa shape index (κ2) is 5.95. The summed E-state index contributed by atoms with van der Waals surface area (Å²) in [6.07, 6.45) is 2.73. The van der Waals surface area contributed by atoms with Gasteiger partial charge >= 0.3 is 0 Å². The molecule has 1 aromatic heterocycles. The summed E-state index contributed by atoms with van der Waals surface area (Å²) in [4.78, 5) is 12.1. The molecule has 94 valence electrons. The number of ether oxygens (including phenoxy) is 2. The first-order valence-electron chi connectivity index (χ1n) is 5.81. The number of nitrogens with zero attached hydrogens (tertiary/aromatic N) is 1. The van der Waals surface area contributed by atoms with Crippen LogP contribution in [-0.4, -0.2) is 31.4 Å². The number of nitrogens with one attached hydrogen (secondary N) is 1. The fourth-order valence-electron chi connectivity index (χ4n) is 1.93. The van der Waals surface area contributed by atoms with Gasteiger partial charge in [0.15, 0.2) is 0 Å². The summed E-state index contributed by atoms with van der Waals surface area (Å²) >= 11 is 0. The highest BCUT2D eigenvalue weighted by atomic mass is 16.5. The van der Waals surface area contributed by atoms with Crippen LogP contribution in [0, 0.1) is 0 Å². The smallest absolute Gasteiger partial charge is 0.257 e. The Bertz CT molecular complexity index is 428. The highest BCUT2D eigenvalue weighted by Gasteiger charge is 2.13. The SMILES string of the molecule is COCCOCn1ccc2c(c1=O)CNCC2. The number of fused-ring (bicyclic) bond motifs is 1. The predicted molar refractivity (Wildman–Crippen MR) is 63.9 cm³/mol. The third kappa shape index (κ3) is 2.94. The first-order valence-corrected chi connectivity index (χ1v) is 5.81. The van der Waals surface area contributed by atoms with E-state index in [2.05, 4.69) is 5.32 Å². The first-order chi connectivity index (χ1) is 8.33. The summed E-state index contributed by atoms with van der Waals surface area (Å²) in [5.74, 6) is 0. The summed E-state index contributed by atoms with van der Waals surface area (Å²) in [5, 5.41) is 3.21. The maximum atomic E-state index is 12.1. The zero-order chi connectivity index (χ0) is 12.1. The maximum absolute atomic E-state index is 12.1. The fourth-order valence-corrected chi connectivity index (χ4v) is 1.93. The Labute approximate surface area is 100 Å². The molecule has 2 rings (SSSR count). The fraction of sp³-hybridized carbons (Fsp3) is 0.583. The van der Waals surface area contributed by atoms with Crippen LogP contribution in [0.3, 0.4) is 0 Å². The van der Waals surface area contributed by atoms with E-state index in [1.807, 2.05) is 6.07 Å². The maximum Gasteiger partial charge on any atom is 0.257 e. The van der Waals surface area contributed by atoms with Gasteiger partial charge in [0.25, 0.3) is 5.56 Å². The van der Waals surface area contributed by atoms with Crippen molar-refractivity contribution in [1.29, 1.82) is 0 Å². The molecule has 0 saturated heterocycles. The molecule has 0 unspecified atom stereocenters. The van der Waals surface area contributed by atoms with E-state index in [-0.39, 0.29) is 12.3 Å². The molecule has 1 aliphatic rings. The zero-order valence-corrected chi connectivity index (χ0v) is 10.1. The lowest BCUT2D eigenvalue weighted by Crippen LogP contribution is -2.34. The molecule has 5 nitrogen and oxygen atoms in total. The van der Waals surface area contributed by atoms with E-state index >= 15 is 0 Å². The topological polar surface area (TPSA) is 52.5 Å². The van der Waals surface area contributed by atoms with Gasteiger partial charge in [-0.3, -0.25) is 9.36 Å². The summed E-state index contributed by atoms with van der Waals surface area (Å²) in [5.41, 5.74) is 2.07. The molecule has 1 aromatic rings. The molecular weight excluding hydrogens is 220 g/mol. The number of hydrogen-bond acceptors (Lipinski definition) is 4. The Morgan fingerprint density at radius 1 is 1.47 bits per heavy atom. The summed E-state index contributed by atoms with van der Waals surface area (Å²) in [6, 6.07) is 2.01. The van der Waals surface area contributed by atoms with Crippen molar-refractivity contribution in [1.82, 2.24) is 9.88 Å². The standard InChI is InChI=1S/C12H18N2O3/c1-16-6-7-17-9-14-5-3-10-2-4-13-8-11(10)12(14)15/h3,5,13H,2,4,6-9H2,1H3. The molecule has 0 saturated carbocycles. The van der Waals surface area contributed by atoms with Crippen LogP contribution in [0.25, 0.3) is 0 Å². The van der Waals surface area contributed by atoms with Gasteiger partial charge in [-0.15, -0.1) is 0 Å². The number of rotatable bonds is 5. The second-order valence-corrected chi connectivity index (χ2v) is 4.05. The molecule has 0 fully saturated rings. The molecule has 1 aliphatic heterocycles. The van der Waals surface area contributed by atoms with Crippen molar-refractivity contribution in [3.63, 3.8) is 0 Å². The van der Waals surface area contributed by atoms with Gasteiger partial charge < -0.3 is 14.8 Å². The molecule has 0 bridgehead atoms. The van der Waals surface area contributed by atoms with Crippen molar-refractivity contribution in [3.05, 3.63) is 33.7 Å². The molecule has 17 heavy (non-hydrogen) atoms. The van der Waals surface area contributed by atoms with E-state index in [9.17, 15) is 4.79 Å². The van der Waals surface area contributed by atoms with Crippen molar-refractivity contribution >= 4 is 0 Å². The third-order valence-electron chi connectivity index (χ3n) is 2.90. The molecule has 0 amide bonds. The van der Waals surface area contributed by atoms with E-state index in [0.29, 0.717) is 19.8 Å². The van der Waals surface area contributed by atoms with Crippen LogP contribution in [0.5, 0.6) is 0 Å². The Kier molecular flexibility index (Phi) is 4.30. The number of methoxy groups -OCH3 is 1. The van der Waals surface area contributed by atoms with Crippen LogP contribution in [0.1, 0.15) is 11.1 Å². The lowest BCUT2D eigenvalue weighted by atomic mass is 10.0. The van der Waals surface area contributed by atoms with Crippen LogP contribution >= 0.6 is 0 Å². The van der Waals surface area contributed by atoms with Crippen LogP contribution in [0.2, 0.25) is 0 Å². The summed E-state index contributed by atoms with van der Waals surface area (Å²) < 4.78 is 11.8. The third-order valence-corrected chi connectivity index (χ3v) is 2.90.